The first-order valence-corrected chi connectivity index (χ1v) is 11.6. The first kappa shape index (κ1) is 23.0. The molecule has 2 aromatic carbocycles. The molecule has 4 rings (SSSR count). The molecule has 0 bridgehead atoms. The quantitative estimate of drug-likeness (QED) is 0.532. The highest BCUT2D eigenvalue weighted by Crippen LogP contribution is 2.33. The monoisotopic (exact) mass is 448 g/mol. The van der Waals surface area contributed by atoms with Crippen LogP contribution in [0.2, 0.25) is 0 Å². The summed E-state index contributed by atoms with van der Waals surface area (Å²) in [6, 6.07) is 13.3. The van der Waals surface area contributed by atoms with Crippen molar-refractivity contribution in [2.24, 2.45) is 11.8 Å². The van der Waals surface area contributed by atoms with E-state index in [2.05, 4.69) is 22.3 Å². The number of para-hydroxylation sites is 1. The van der Waals surface area contributed by atoms with E-state index in [1.54, 1.807) is 12.1 Å². The number of piperidine rings is 1. The number of aromatic nitrogens is 2. The molecular weight excluding hydrogens is 416 g/mol. The van der Waals surface area contributed by atoms with E-state index in [0.29, 0.717) is 23.9 Å². The van der Waals surface area contributed by atoms with E-state index in [9.17, 15) is 15.0 Å². The molecule has 3 N–H and O–H groups in total. The van der Waals surface area contributed by atoms with Crippen molar-refractivity contribution in [1.82, 2.24) is 15.3 Å². The molecule has 1 atom stereocenters. The van der Waals surface area contributed by atoms with Gasteiger partial charge in [0, 0.05) is 25.0 Å². The second-order valence-electron chi connectivity index (χ2n) is 9.27. The Labute approximate surface area is 194 Å². The average molecular weight is 449 g/mol. The highest BCUT2D eigenvalue weighted by Gasteiger charge is 2.25. The van der Waals surface area contributed by atoms with Gasteiger partial charge in [0.2, 0.25) is 5.91 Å². The summed E-state index contributed by atoms with van der Waals surface area (Å²) in [7, 11) is 0. The predicted molar refractivity (Wildman–Crippen MR) is 130 cm³/mol. The third kappa shape index (κ3) is 5.09. The second-order valence-corrected chi connectivity index (χ2v) is 9.27. The van der Waals surface area contributed by atoms with Crippen molar-refractivity contribution in [1.29, 1.82) is 0 Å². The number of phenols is 1. The number of aliphatic hydroxyl groups excluding tert-OH is 1. The molecule has 1 fully saturated rings. The average Bonchev–Trinajstić information content (AvgIpc) is 2.81. The van der Waals surface area contributed by atoms with Gasteiger partial charge in [-0.2, -0.15) is 0 Å². The smallest absolute Gasteiger partial charge is 0.249 e. The standard InChI is InChI=1S/C26H32N4O3/c1-16(2)23(32)26(33)27-15-18-10-12-30(13-11-18)25-19-9-8-17(3)14-21(19)28-24(29-25)20-6-4-5-7-22(20)31/h4-9,14,16,18,23,31-32H,10-13,15H2,1-3H3,(H,27,33). The Bertz CT molecular complexity index is 1140. The third-order valence-corrected chi connectivity index (χ3v) is 6.36. The third-order valence-electron chi connectivity index (χ3n) is 6.36. The lowest BCUT2D eigenvalue weighted by Crippen LogP contribution is -2.43. The number of rotatable bonds is 6. The minimum atomic E-state index is -0.964. The number of benzene rings is 2. The molecule has 1 unspecified atom stereocenters. The van der Waals surface area contributed by atoms with E-state index in [1.807, 2.05) is 39.0 Å². The molecule has 1 saturated heterocycles. The van der Waals surface area contributed by atoms with Gasteiger partial charge in [-0.25, -0.2) is 9.97 Å². The number of carbonyl (C=O) groups is 1. The van der Waals surface area contributed by atoms with Crippen LogP contribution < -0.4 is 10.2 Å². The van der Waals surface area contributed by atoms with Crippen molar-refractivity contribution in [2.45, 2.75) is 39.7 Å². The van der Waals surface area contributed by atoms with Crippen LogP contribution in [0.1, 0.15) is 32.3 Å². The maximum Gasteiger partial charge on any atom is 0.249 e. The summed E-state index contributed by atoms with van der Waals surface area (Å²) in [4.78, 5) is 24.0. The highest BCUT2D eigenvalue weighted by molar-refractivity contribution is 5.92. The van der Waals surface area contributed by atoms with Crippen molar-refractivity contribution in [3.05, 3.63) is 48.0 Å². The van der Waals surface area contributed by atoms with E-state index >= 15 is 0 Å². The number of nitrogens with zero attached hydrogens (tertiary/aromatic N) is 3. The van der Waals surface area contributed by atoms with Crippen molar-refractivity contribution < 1.29 is 15.0 Å². The Kier molecular flexibility index (Phi) is 6.79. The van der Waals surface area contributed by atoms with Gasteiger partial charge in [0.15, 0.2) is 5.82 Å². The van der Waals surface area contributed by atoms with E-state index in [0.717, 1.165) is 48.2 Å². The summed E-state index contributed by atoms with van der Waals surface area (Å²) in [6.07, 6.45) is 0.872. The van der Waals surface area contributed by atoms with Gasteiger partial charge in [0.05, 0.1) is 11.1 Å². The van der Waals surface area contributed by atoms with E-state index in [4.69, 9.17) is 9.97 Å². The predicted octanol–water partition coefficient (Wildman–Crippen LogP) is 3.66. The number of aliphatic hydroxyl groups is 1. The van der Waals surface area contributed by atoms with Crippen molar-refractivity contribution in [3.8, 4) is 17.1 Å². The van der Waals surface area contributed by atoms with Gasteiger partial charge in [0.25, 0.3) is 0 Å². The van der Waals surface area contributed by atoms with Gasteiger partial charge < -0.3 is 20.4 Å². The number of carbonyl (C=O) groups excluding carboxylic acids is 1. The van der Waals surface area contributed by atoms with Crippen LogP contribution in [0.25, 0.3) is 22.3 Å². The fraction of sp³-hybridized carbons (Fsp3) is 0.423. The van der Waals surface area contributed by atoms with Gasteiger partial charge in [-0.15, -0.1) is 0 Å². The first-order chi connectivity index (χ1) is 15.8. The zero-order valence-electron chi connectivity index (χ0n) is 19.5. The Hall–Kier alpha value is -3.19. The van der Waals surface area contributed by atoms with Gasteiger partial charge in [-0.05, 0) is 61.4 Å². The molecule has 3 aromatic rings. The molecule has 1 aliphatic heterocycles. The molecule has 0 aliphatic carbocycles. The number of fused-ring (bicyclic) bond motifs is 1. The molecule has 7 nitrogen and oxygen atoms in total. The van der Waals surface area contributed by atoms with Crippen LogP contribution in [-0.4, -0.2) is 51.8 Å². The highest BCUT2D eigenvalue weighted by atomic mass is 16.3. The van der Waals surface area contributed by atoms with Gasteiger partial charge in [-0.3, -0.25) is 4.79 Å². The van der Waals surface area contributed by atoms with Gasteiger partial charge >= 0.3 is 0 Å². The number of hydrogen-bond donors (Lipinski definition) is 3. The van der Waals surface area contributed by atoms with E-state index in [1.165, 1.54) is 0 Å². The van der Waals surface area contributed by atoms with Crippen LogP contribution >= 0.6 is 0 Å². The van der Waals surface area contributed by atoms with Crippen molar-refractivity contribution in [2.75, 3.05) is 24.5 Å². The fourth-order valence-electron chi connectivity index (χ4n) is 4.25. The summed E-state index contributed by atoms with van der Waals surface area (Å²) in [5, 5.41) is 24.2. The van der Waals surface area contributed by atoms with Crippen LogP contribution in [0.15, 0.2) is 42.5 Å². The Morgan fingerprint density at radius 2 is 1.88 bits per heavy atom. The molecule has 2 heterocycles. The fourth-order valence-corrected chi connectivity index (χ4v) is 4.25. The molecule has 0 radical (unpaired) electrons. The number of aryl methyl sites for hydroxylation is 1. The molecule has 1 aromatic heterocycles. The SMILES string of the molecule is Cc1ccc2c(N3CCC(CNC(=O)C(O)C(C)C)CC3)nc(-c3ccccc3O)nc2c1. The van der Waals surface area contributed by atoms with Crippen molar-refractivity contribution >= 4 is 22.6 Å². The Morgan fingerprint density at radius 3 is 2.58 bits per heavy atom. The Morgan fingerprint density at radius 1 is 1.15 bits per heavy atom. The summed E-state index contributed by atoms with van der Waals surface area (Å²) in [5.41, 5.74) is 2.59. The number of anilines is 1. The van der Waals surface area contributed by atoms with Crippen LogP contribution in [0, 0.1) is 18.8 Å². The molecule has 174 valence electrons. The zero-order chi connectivity index (χ0) is 23.5. The maximum atomic E-state index is 12.1. The van der Waals surface area contributed by atoms with Crippen LogP contribution in [0.4, 0.5) is 5.82 Å². The molecule has 1 aliphatic rings. The number of phenolic OH excluding ortho intramolecular Hbond substituents is 1. The summed E-state index contributed by atoms with van der Waals surface area (Å²) in [6.45, 7) is 7.90. The Balaban J connectivity index is 1.54. The topological polar surface area (TPSA) is 98.6 Å². The van der Waals surface area contributed by atoms with Crippen LogP contribution in [0.5, 0.6) is 5.75 Å². The molecular formula is C26H32N4O3. The lowest BCUT2D eigenvalue weighted by Gasteiger charge is -2.33. The summed E-state index contributed by atoms with van der Waals surface area (Å²) >= 11 is 0. The lowest BCUT2D eigenvalue weighted by molar-refractivity contribution is -0.131. The first-order valence-electron chi connectivity index (χ1n) is 11.6. The number of hydrogen-bond acceptors (Lipinski definition) is 6. The van der Waals surface area contributed by atoms with Crippen LogP contribution in [-0.2, 0) is 4.79 Å². The number of aromatic hydroxyl groups is 1. The normalized spacial score (nSPS) is 15.7. The minimum absolute atomic E-state index is 0.0974. The molecule has 7 heteroatoms. The number of amides is 1. The van der Waals surface area contributed by atoms with E-state index < -0.39 is 6.10 Å². The molecule has 0 saturated carbocycles. The van der Waals surface area contributed by atoms with E-state index in [-0.39, 0.29) is 17.6 Å². The number of nitrogens with one attached hydrogen (secondary N) is 1. The molecule has 33 heavy (non-hydrogen) atoms. The second kappa shape index (κ2) is 9.75. The van der Waals surface area contributed by atoms with Crippen LogP contribution in [0.3, 0.4) is 0 Å². The summed E-state index contributed by atoms with van der Waals surface area (Å²) in [5.74, 6) is 1.51. The maximum absolute atomic E-state index is 12.1. The summed E-state index contributed by atoms with van der Waals surface area (Å²) < 4.78 is 0. The largest absolute Gasteiger partial charge is 0.507 e. The molecule has 0 spiro atoms. The minimum Gasteiger partial charge on any atom is -0.507 e. The van der Waals surface area contributed by atoms with Gasteiger partial charge in [0.1, 0.15) is 17.7 Å². The molecule has 1 amide bonds. The van der Waals surface area contributed by atoms with Crippen molar-refractivity contribution in [3.63, 3.8) is 0 Å². The van der Waals surface area contributed by atoms with Gasteiger partial charge in [-0.1, -0.05) is 32.0 Å². The zero-order valence-corrected chi connectivity index (χ0v) is 19.5. The lowest BCUT2D eigenvalue weighted by atomic mass is 9.96.